The summed E-state index contributed by atoms with van der Waals surface area (Å²) in [6, 6.07) is 8.46. The molecular formula is C14H11Cl2N3O2S. The van der Waals surface area contributed by atoms with Crippen LogP contribution in [-0.2, 0) is 9.59 Å². The maximum Gasteiger partial charge on any atom is 0.329 e. The molecule has 0 unspecified atom stereocenters. The van der Waals surface area contributed by atoms with Crippen LogP contribution in [0.2, 0.25) is 10.0 Å². The van der Waals surface area contributed by atoms with E-state index in [1.807, 2.05) is 17.5 Å². The first-order valence-corrected chi connectivity index (χ1v) is 7.76. The third-order valence-electron chi connectivity index (χ3n) is 2.61. The summed E-state index contributed by atoms with van der Waals surface area (Å²) >= 11 is 13.2. The van der Waals surface area contributed by atoms with E-state index < -0.39 is 11.8 Å². The summed E-state index contributed by atoms with van der Waals surface area (Å²) < 4.78 is 0. The van der Waals surface area contributed by atoms with E-state index in [0.29, 0.717) is 5.71 Å². The molecule has 2 rings (SSSR count). The molecule has 0 spiro atoms. The fraction of sp³-hybridized carbons (Fsp3) is 0.0714. The van der Waals surface area contributed by atoms with Gasteiger partial charge in [-0.05, 0) is 30.5 Å². The summed E-state index contributed by atoms with van der Waals surface area (Å²) in [4.78, 5) is 24.4. The molecule has 114 valence electrons. The highest BCUT2D eigenvalue weighted by molar-refractivity contribution is 7.12. The third kappa shape index (κ3) is 4.07. The Morgan fingerprint density at radius 2 is 1.91 bits per heavy atom. The number of anilines is 1. The highest BCUT2D eigenvalue weighted by Gasteiger charge is 2.15. The van der Waals surface area contributed by atoms with E-state index in [9.17, 15) is 9.59 Å². The number of benzene rings is 1. The molecule has 0 aliphatic heterocycles. The Morgan fingerprint density at radius 3 is 2.59 bits per heavy atom. The number of carbonyl (C=O) groups is 2. The normalized spacial score (nSPS) is 11.1. The van der Waals surface area contributed by atoms with Crippen molar-refractivity contribution in [2.45, 2.75) is 6.92 Å². The van der Waals surface area contributed by atoms with E-state index in [1.165, 1.54) is 11.3 Å². The van der Waals surface area contributed by atoms with Gasteiger partial charge in [0.15, 0.2) is 0 Å². The number of nitrogens with one attached hydrogen (secondary N) is 2. The van der Waals surface area contributed by atoms with Gasteiger partial charge in [-0.25, -0.2) is 5.43 Å². The molecule has 1 aromatic carbocycles. The monoisotopic (exact) mass is 355 g/mol. The predicted molar refractivity (Wildman–Crippen MR) is 89.8 cm³/mol. The molecule has 0 bridgehead atoms. The average molecular weight is 356 g/mol. The zero-order valence-corrected chi connectivity index (χ0v) is 13.7. The van der Waals surface area contributed by atoms with Gasteiger partial charge < -0.3 is 5.32 Å². The second kappa shape index (κ2) is 7.40. The van der Waals surface area contributed by atoms with Crippen molar-refractivity contribution in [2.75, 3.05) is 5.32 Å². The number of thiophene rings is 1. The second-order valence-corrected chi connectivity index (χ2v) is 5.90. The number of carbonyl (C=O) groups excluding carboxylic acids is 2. The molecule has 2 N–H and O–H groups in total. The summed E-state index contributed by atoms with van der Waals surface area (Å²) in [5, 5.41) is 8.60. The standard InChI is InChI=1S/C14H11Cl2N3O2S/c1-8(11-6-3-7-22-11)18-19-14(21)13(20)17-10-5-2-4-9(15)12(10)16/h2-7H,1H3,(H,17,20)(H,19,21)/b18-8-. The van der Waals surface area contributed by atoms with Gasteiger partial charge in [0.05, 0.1) is 21.4 Å². The Morgan fingerprint density at radius 1 is 1.14 bits per heavy atom. The molecule has 0 aliphatic rings. The van der Waals surface area contributed by atoms with Crippen molar-refractivity contribution in [1.29, 1.82) is 0 Å². The Bertz CT molecular complexity index is 730. The summed E-state index contributed by atoms with van der Waals surface area (Å²) in [6.07, 6.45) is 0. The lowest BCUT2D eigenvalue weighted by atomic mass is 10.3. The predicted octanol–water partition coefficient (Wildman–Crippen LogP) is 3.53. The first kappa shape index (κ1) is 16.5. The highest BCUT2D eigenvalue weighted by Crippen LogP contribution is 2.29. The van der Waals surface area contributed by atoms with Crippen molar-refractivity contribution in [2.24, 2.45) is 5.10 Å². The molecule has 0 aliphatic carbocycles. The fourth-order valence-corrected chi connectivity index (χ4v) is 2.53. The number of hydrogen-bond acceptors (Lipinski definition) is 4. The first-order valence-electron chi connectivity index (χ1n) is 6.12. The van der Waals surface area contributed by atoms with Crippen molar-refractivity contribution in [1.82, 2.24) is 5.43 Å². The summed E-state index contributed by atoms with van der Waals surface area (Å²) in [6.45, 7) is 1.73. The Labute approximate surface area is 140 Å². The first-order chi connectivity index (χ1) is 10.5. The quantitative estimate of drug-likeness (QED) is 0.502. The van der Waals surface area contributed by atoms with Crippen LogP contribution in [-0.4, -0.2) is 17.5 Å². The number of hydrogen-bond donors (Lipinski definition) is 2. The Kier molecular flexibility index (Phi) is 5.54. The molecule has 0 atom stereocenters. The van der Waals surface area contributed by atoms with Gasteiger partial charge in [0, 0.05) is 4.88 Å². The SMILES string of the molecule is C/C(=N/NC(=O)C(=O)Nc1cccc(Cl)c1Cl)c1cccs1. The van der Waals surface area contributed by atoms with Gasteiger partial charge in [0.2, 0.25) is 0 Å². The summed E-state index contributed by atoms with van der Waals surface area (Å²) in [5.41, 5.74) is 3.06. The minimum atomic E-state index is -0.896. The zero-order valence-electron chi connectivity index (χ0n) is 11.4. The van der Waals surface area contributed by atoms with Gasteiger partial charge in [0.1, 0.15) is 0 Å². The Hall–Kier alpha value is -1.89. The van der Waals surface area contributed by atoms with Crippen LogP contribution in [0, 0.1) is 0 Å². The van der Waals surface area contributed by atoms with E-state index >= 15 is 0 Å². The van der Waals surface area contributed by atoms with E-state index in [-0.39, 0.29) is 15.7 Å². The van der Waals surface area contributed by atoms with Crippen LogP contribution in [0.5, 0.6) is 0 Å². The van der Waals surface area contributed by atoms with E-state index in [4.69, 9.17) is 23.2 Å². The van der Waals surface area contributed by atoms with Crippen LogP contribution >= 0.6 is 34.5 Å². The largest absolute Gasteiger partial charge is 0.329 e. The molecule has 0 radical (unpaired) electrons. The molecule has 0 saturated heterocycles. The van der Waals surface area contributed by atoms with Crippen molar-refractivity contribution < 1.29 is 9.59 Å². The minimum Gasteiger partial charge on any atom is -0.316 e. The maximum absolute atomic E-state index is 11.8. The van der Waals surface area contributed by atoms with Crippen LogP contribution in [0.25, 0.3) is 0 Å². The molecule has 0 fully saturated rings. The van der Waals surface area contributed by atoms with Gasteiger partial charge in [0.25, 0.3) is 0 Å². The van der Waals surface area contributed by atoms with Crippen molar-refractivity contribution in [3.8, 4) is 0 Å². The third-order valence-corrected chi connectivity index (χ3v) is 4.41. The van der Waals surface area contributed by atoms with E-state index in [0.717, 1.165) is 4.88 Å². The average Bonchev–Trinajstić information content (AvgIpc) is 3.03. The summed E-state index contributed by atoms with van der Waals surface area (Å²) in [7, 11) is 0. The lowest BCUT2D eigenvalue weighted by Gasteiger charge is -2.07. The number of amides is 2. The molecule has 0 saturated carbocycles. The topological polar surface area (TPSA) is 70.6 Å². The van der Waals surface area contributed by atoms with Gasteiger partial charge in [-0.2, -0.15) is 5.10 Å². The van der Waals surface area contributed by atoms with Crippen LogP contribution in [0.1, 0.15) is 11.8 Å². The highest BCUT2D eigenvalue weighted by atomic mass is 35.5. The fourth-order valence-electron chi connectivity index (χ4n) is 1.50. The van der Waals surface area contributed by atoms with E-state index in [2.05, 4.69) is 15.8 Å². The molecule has 5 nitrogen and oxygen atoms in total. The number of halogens is 2. The maximum atomic E-state index is 11.8. The Balaban J connectivity index is 1.99. The van der Waals surface area contributed by atoms with Gasteiger partial charge in [-0.1, -0.05) is 35.3 Å². The number of rotatable bonds is 3. The lowest BCUT2D eigenvalue weighted by Crippen LogP contribution is -2.33. The number of nitrogens with zero attached hydrogens (tertiary/aromatic N) is 1. The van der Waals surface area contributed by atoms with Crippen molar-refractivity contribution in [3.63, 3.8) is 0 Å². The molecule has 22 heavy (non-hydrogen) atoms. The van der Waals surface area contributed by atoms with Crippen molar-refractivity contribution in [3.05, 3.63) is 50.6 Å². The van der Waals surface area contributed by atoms with Crippen LogP contribution in [0.15, 0.2) is 40.8 Å². The molecule has 1 aromatic heterocycles. The molecule has 2 aromatic rings. The van der Waals surface area contributed by atoms with Crippen molar-refractivity contribution >= 4 is 57.8 Å². The van der Waals surface area contributed by atoms with Crippen LogP contribution in [0.3, 0.4) is 0 Å². The minimum absolute atomic E-state index is 0.170. The van der Waals surface area contributed by atoms with Crippen LogP contribution < -0.4 is 10.7 Å². The number of hydrazone groups is 1. The van der Waals surface area contributed by atoms with Gasteiger partial charge in [-0.3, -0.25) is 9.59 Å². The lowest BCUT2D eigenvalue weighted by molar-refractivity contribution is -0.136. The van der Waals surface area contributed by atoms with Crippen LogP contribution in [0.4, 0.5) is 5.69 Å². The smallest absolute Gasteiger partial charge is 0.316 e. The van der Waals surface area contributed by atoms with Gasteiger partial charge in [-0.15, -0.1) is 11.3 Å². The molecule has 1 heterocycles. The van der Waals surface area contributed by atoms with E-state index in [1.54, 1.807) is 25.1 Å². The second-order valence-electron chi connectivity index (χ2n) is 4.17. The van der Waals surface area contributed by atoms with Gasteiger partial charge >= 0.3 is 11.8 Å². The molecule has 8 heteroatoms. The zero-order chi connectivity index (χ0) is 16.1. The summed E-state index contributed by atoms with van der Waals surface area (Å²) in [5.74, 6) is -1.78. The molecular weight excluding hydrogens is 345 g/mol. The molecule has 2 amide bonds.